The first-order chi connectivity index (χ1) is 25.2. The topological polar surface area (TPSA) is 186 Å². The van der Waals surface area contributed by atoms with Gasteiger partial charge in [0.2, 0.25) is 11.9 Å². The molecule has 14 nitrogen and oxygen atoms in total. The number of hydrogen-bond donors (Lipinski definition) is 5. The van der Waals surface area contributed by atoms with Crippen molar-refractivity contribution >= 4 is 52.9 Å². The molecule has 3 aromatic rings. The number of carbonyl (C=O) groups excluding carboxylic acids is 4. The van der Waals surface area contributed by atoms with E-state index in [1.165, 1.54) is 24.3 Å². The van der Waals surface area contributed by atoms with Crippen molar-refractivity contribution in [2.75, 3.05) is 30.9 Å². The summed E-state index contributed by atoms with van der Waals surface area (Å²) in [4.78, 5) is 62.6. The molecule has 5 N–H and O–H groups in total. The molecule has 284 valence electrons. The molecule has 0 saturated heterocycles. The summed E-state index contributed by atoms with van der Waals surface area (Å²) < 4.78 is 48.5. The van der Waals surface area contributed by atoms with E-state index in [0.29, 0.717) is 29.5 Å². The number of methoxy groups -OCH3 is 1. The smallest absolute Gasteiger partial charge is 0.422 e. The van der Waals surface area contributed by atoms with Gasteiger partial charge in [-0.15, -0.1) is 0 Å². The van der Waals surface area contributed by atoms with Gasteiger partial charge in [-0.1, -0.05) is 43.5 Å². The van der Waals surface area contributed by atoms with E-state index in [2.05, 4.69) is 48.5 Å². The predicted octanol–water partition coefficient (Wildman–Crippen LogP) is 4.78. The zero-order valence-corrected chi connectivity index (χ0v) is 29.8. The molecule has 2 aliphatic rings. The maximum absolute atomic E-state index is 13.1. The molecular weight excluding hydrogens is 721 g/mol. The highest BCUT2D eigenvalue weighted by atomic mass is 35.5. The number of carbonyl (C=O) groups is 4. The van der Waals surface area contributed by atoms with Crippen molar-refractivity contribution < 1.29 is 41.8 Å². The van der Waals surface area contributed by atoms with Gasteiger partial charge in [-0.05, 0) is 80.0 Å². The maximum atomic E-state index is 13.1. The van der Waals surface area contributed by atoms with Crippen molar-refractivity contribution in [3.63, 3.8) is 0 Å². The van der Waals surface area contributed by atoms with Crippen LogP contribution in [-0.4, -0.2) is 77.2 Å². The molecule has 1 aromatic heterocycles. The van der Waals surface area contributed by atoms with E-state index in [0.717, 1.165) is 38.4 Å². The Balaban J connectivity index is 1.20. The van der Waals surface area contributed by atoms with E-state index in [-0.39, 0.29) is 36.5 Å². The Morgan fingerprint density at radius 1 is 0.962 bits per heavy atom. The molecule has 2 aromatic carbocycles. The first kappa shape index (κ1) is 39.0. The fourth-order valence-electron chi connectivity index (χ4n) is 5.97. The predicted molar refractivity (Wildman–Crippen MR) is 188 cm³/mol. The quantitative estimate of drug-likeness (QED) is 0.113. The zero-order valence-electron chi connectivity index (χ0n) is 29.0. The van der Waals surface area contributed by atoms with Gasteiger partial charge < -0.3 is 36.1 Å². The van der Waals surface area contributed by atoms with Gasteiger partial charge in [0.1, 0.15) is 6.04 Å². The summed E-state index contributed by atoms with van der Waals surface area (Å²) in [5.74, 6) is -2.66. The summed E-state index contributed by atoms with van der Waals surface area (Å²) in [5, 5.41) is 14.4. The van der Waals surface area contributed by atoms with Gasteiger partial charge in [0.05, 0.1) is 12.6 Å². The molecule has 2 unspecified atom stereocenters. The standard InChI is InChI=1S/C35H40ClF3N8O6/c1-20-4-3-5-25(18-20)41-29(50)28(49)40-17-14-26(30(51)52-2)43-27(48)21-6-12-24(13-7-21)42-31-44-32(46-33(45-31)53-19-35(37,38)39)47-34(15-16-34)22-8-10-23(36)11-9-22/h6-13,20,25-26H,3-5,14-19H2,1-2H3,(H,40,49)(H,41,50)(H,43,48)(H2,42,44,45,46,47)/t20?,25?,26-/m0/s1. The van der Waals surface area contributed by atoms with Crippen LogP contribution in [0.2, 0.25) is 5.02 Å². The molecule has 53 heavy (non-hydrogen) atoms. The largest absolute Gasteiger partial charge is 0.467 e. The molecular formula is C35H40ClF3N8O6. The van der Waals surface area contributed by atoms with Crippen molar-refractivity contribution in [3.05, 3.63) is 64.7 Å². The minimum absolute atomic E-state index is 0.0207. The lowest BCUT2D eigenvalue weighted by molar-refractivity contribution is -0.154. The average molecular weight is 761 g/mol. The normalized spacial score (nSPS) is 18.2. The number of amides is 3. The van der Waals surface area contributed by atoms with Gasteiger partial charge in [0, 0.05) is 28.9 Å². The molecule has 0 spiro atoms. The second kappa shape index (κ2) is 17.1. The number of benzene rings is 2. The highest BCUT2D eigenvalue weighted by Gasteiger charge is 2.45. The summed E-state index contributed by atoms with van der Waals surface area (Å²) in [6, 6.07) is 11.2. The molecule has 3 amide bonds. The Kier molecular flexibility index (Phi) is 12.6. The Hall–Kier alpha value is -5.19. The molecule has 18 heteroatoms. The van der Waals surface area contributed by atoms with Crippen molar-refractivity contribution in [3.8, 4) is 6.01 Å². The number of alkyl halides is 3. The fraction of sp³-hybridized carbons (Fsp3) is 0.457. The van der Waals surface area contributed by atoms with Crippen molar-refractivity contribution in [1.29, 1.82) is 0 Å². The molecule has 0 bridgehead atoms. The highest BCUT2D eigenvalue weighted by Crippen LogP contribution is 2.48. The lowest BCUT2D eigenvalue weighted by Crippen LogP contribution is -2.48. The lowest BCUT2D eigenvalue weighted by Gasteiger charge is -2.27. The van der Waals surface area contributed by atoms with Crippen molar-refractivity contribution in [2.45, 2.75) is 75.7 Å². The van der Waals surface area contributed by atoms with Crippen LogP contribution >= 0.6 is 11.6 Å². The number of nitrogens with one attached hydrogen (secondary N) is 5. The van der Waals surface area contributed by atoms with E-state index >= 15 is 0 Å². The molecule has 0 aliphatic heterocycles. The highest BCUT2D eigenvalue weighted by molar-refractivity contribution is 6.35. The van der Waals surface area contributed by atoms with Gasteiger partial charge in [-0.2, -0.15) is 28.1 Å². The number of aromatic nitrogens is 3. The zero-order chi connectivity index (χ0) is 38.2. The third-order valence-corrected chi connectivity index (χ3v) is 9.12. The molecule has 0 radical (unpaired) electrons. The SMILES string of the molecule is COC(=O)[C@H](CCNC(=O)C(=O)NC1CCCC(C)C1)NC(=O)c1ccc(Nc2nc(NC3(c4ccc(Cl)cc4)CC3)nc(OCC(F)(F)F)n2)cc1. The third kappa shape index (κ3) is 11.4. The number of rotatable bonds is 14. The first-order valence-corrected chi connectivity index (χ1v) is 17.4. The summed E-state index contributed by atoms with van der Waals surface area (Å²) in [6.07, 6.45) is 0.419. The molecule has 2 fully saturated rings. The van der Waals surface area contributed by atoms with Gasteiger partial charge in [0.15, 0.2) is 6.61 Å². The van der Waals surface area contributed by atoms with E-state index < -0.39 is 54.1 Å². The van der Waals surface area contributed by atoms with Crippen LogP contribution in [0, 0.1) is 5.92 Å². The van der Waals surface area contributed by atoms with Crippen LogP contribution in [0.25, 0.3) is 0 Å². The first-order valence-electron chi connectivity index (χ1n) is 17.1. The number of ether oxygens (including phenoxy) is 2. The van der Waals surface area contributed by atoms with E-state index in [1.807, 2.05) is 12.1 Å². The van der Waals surface area contributed by atoms with E-state index in [4.69, 9.17) is 21.1 Å². The summed E-state index contributed by atoms with van der Waals surface area (Å²) in [7, 11) is 1.16. The van der Waals surface area contributed by atoms with Gasteiger partial charge in [-0.3, -0.25) is 14.4 Å². The Morgan fingerprint density at radius 3 is 2.30 bits per heavy atom. The Morgan fingerprint density at radius 2 is 1.66 bits per heavy atom. The molecule has 5 rings (SSSR count). The molecule has 3 atom stereocenters. The summed E-state index contributed by atoms with van der Waals surface area (Å²) in [6.45, 7) is 0.396. The number of halogens is 4. The lowest BCUT2D eigenvalue weighted by atomic mass is 9.87. The second-order valence-corrected chi connectivity index (χ2v) is 13.6. The number of nitrogens with zero attached hydrogens (tertiary/aromatic N) is 3. The van der Waals surface area contributed by atoms with Gasteiger partial charge >= 0.3 is 30.0 Å². The minimum atomic E-state index is -4.63. The van der Waals surface area contributed by atoms with Crippen LogP contribution in [0.15, 0.2) is 48.5 Å². The van der Waals surface area contributed by atoms with Crippen LogP contribution in [0.3, 0.4) is 0 Å². The third-order valence-electron chi connectivity index (χ3n) is 8.87. The number of hydrogen-bond acceptors (Lipinski definition) is 11. The molecule has 1 heterocycles. The Labute approximate surface area is 308 Å². The van der Waals surface area contributed by atoms with Crippen LogP contribution in [0.4, 0.5) is 30.8 Å². The maximum Gasteiger partial charge on any atom is 0.422 e. The van der Waals surface area contributed by atoms with Gasteiger partial charge in [0.25, 0.3) is 5.91 Å². The minimum Gasteiger partial charge on any atom is -0.467 e. The van der Waals surface area contributed by atoms with Crippen LogP contribution < -0.4 is 31.3 Å². The van der Waals surface area contributed by atoms with Crippen LogP contribution in [0.1, 0.15) is 67.8 Å². The number of esters is 1. The van der Waals surface area contributed by atoms with Crippen molar-refractivity contribution in [1.82, 2.24) is 30.9 Å². The summed E-state index contributed by atoms with van der Waals surface area (Å²) in [5.41, 5.74) is 0.873. The van der Waals surface area contributed by atoms with Gasteiger partial charge in [-0.25, -0.2) is 4.79 Å². The molecule has 2 aliphatic carbocycles. The monoisotopic (exact) mass is 760 g/mol. The fourth-order valence-corrected chi connectivity index (χ4v) is 6.09. The van der Waals surface area contributed by atoms with Crippen LogP contribution in [-0.2, 0) is 24.7 Å². The van der Waals surface area contributed by atoms with E-state index in [1.54, 1.807) is 12.1 Å². The van der Waals surface area contributed by atoms with E-state index in [9.17, 15) is 32.3 Å². The number of anilines is 3. The second-order valence-electron chi connectivity index (χ2n) is 13.1. The van der Waals surface area contributed by atoms with Crippen molar-refractivity contribution in [2.24, 2.45) is 5.92 Å². The average Bonchev–Trinajstić information content (AvgIpc) is 3.90. The van der Waals surface area contributed by atoms with Crippen LogP contribution in [0.5, 0.6) is 6.01 Å². The molecule has 2 saturated carbocycles. The summed E-state index contributed by atoms with van der Waals surface area (Å²) >= 11 is 6.03. The Bertz CT molecular complexity index is 1780.